The number of nitrogens with one attached hydrogen (secondary N) is 1. The number of rotatable bonds is 11. The van der Waals surface area contributed by atoms with Crippen LogP contribution in [0.1, 0.15) is 47.5 Å². The summed E-state index contributed by atoms with van der Waals surface area (Å²) in [4.78, 5) is 13.1. The van der Waals surface area contributed by atoms with E-state index in [1.807, 2.05) is 6.92 Å². The first-order valence-corrected chi connectivity index (χ1v) is 9.83. The molecular formula is C21H34ClNO4. The van der Waals surface area contributed by atoms with Gasteiger partial charge < -0.3 is 19.5 Å². The molecule has 0 heterocycles. The van der Waals surface area contributed by atoms with Crippen molar-refractivity contribution in [2.75, 3.05) is 26.1 Å². The number of methoxy groups -OCH3 is 2. The number of hydrogen-bond donors (Lipinski definition) is 1. The summed E-state index contributed by atoms with van der Waals surface area (Å²) in [6, 6.07) is 5.23. The van der Waals surface area contributed by atoms with Gasteiger partial charge in [-0.2, -0.15) is 0 Å². The molecule has 1 rings (SSSR count). The predicted molar refractivity (Wildman–Crippen MR) is 111 cm³/mol. The van der Waals surface area contributed by atoms with Crippen molar-refractivity contribution in [1.29, 1.82) is 0 Å². The molecule has 0 fully saturated rings. The molecule has 0 saturated heterocycles. The zero-order chi connectivity index (χ0) is 20.6. The molecule has 0 spiro atoms. The van der Waals surface area contributed by atoms with Crippen LogP contribution in [-0.2, 0) is 14.3 Å². The summed E-state index contributed by atoms with van der Waals surface area (Å²) in [6.07, 6.45) is 1.18. The summed E-state index contributed by atoms with van der Waals surface area (Å²) >= 11 is 6.33. The average Bonchev–Trinajstić information content (AvgIpc) is 2.55. The van der Waals surface area contributed by atoms with E-state index >= 15 is 0 Å². The largest absolute Gasteiger partial charge is 0.487 e. The minimum absolute atomic E-state index is 0.119. The first-order valence-electron chi connectivity index (χ1n) is 9.45. The number of hydrogen-bond acceptors (Lipinski definition) is 4. The van der Waals surface area contributed by atoms with Crippen molar-refractivity contribution in [2.24, 2.45) is 11.8 Å². The maximum Gasteiger partial charge on any atom is 0.256 e. The van der Waals surface area contributed by atoms with E-state index in [-0.39, 0.29) is 12.0 Å². The third-order valence-electron chi connectivity index (χ3n) is 4.20. The SMILES string of the molecule is COC[C@H](C)Oc1ccc(NC(=O)C(CC(C)C)(CC(C)C)OC)cc1Cl. The predicted octanol–water partition coefficient (Wildman–Crippen LogP) is 5.17. The normalized spacial score (nSPS) is 13.1. The van der Waals surface area contributed by atoms with Crippen LogP contribution >= 0.6 is 11.6 Å². The molecule has 0 saturated carbocycles. The number of carbonyl (C=O) groups is 1. The van der Waals surface area contributed by atoms with Crippen molar-refractivity contribution in [3.63, 3.8) is 0 Å². The highest BCUT2D eigenvalue weighted by Gasteiger charge is 2.39. The van der Waals surface area contributed by atoms with E-state index in [0.717, 1.165) is 0 Å². The molecule has 0 radical (unpaired) electrons. The summed E-state index contributed by atoms with van der Waals surface area (Å²) in [7, 11) is 3.22. The summed E-state index contributed by atoms with van der Waals surface area (Å²) in [5.41, 5.74) is -0.248. The lowest BCUT2D eigenvalue weighted by Gasteiger charge is -2.34. The van der Waals surface area contributed by atoms with Gasteiger partial charge in [0.1, 0.15) is 17.5 Å². The van der Waals surface area contributed by atoms with Gasteiger partial charge in [0, 0.05) is 19.9 Å². The summed E-state index contributed by atoms with van der Waals surface area (Å²) in [5, 5.41) is 3.40. The number of halogens is 1. The minimum Gasteiger partial charge on any atom is -0.487 e. The fourth-order valence-electron chi connectivity index (χ4n) is 3.25. The average molecular weight is 400 g/mol. The van der Waals surface area contributed by atoms with Crippen LogP contribution < -0.4 is 10.1 Å². The van der Waals surface area contributed by atoms with Crippen molar-refractivity contribution in [1.82, 2.24) is 0 Å². The molecule has 1 aromatic carbocycles. The third kappa shape index (κ3) is 7.32. The Balaban J connectivity index is 2.96. The topological polar surface area (TPSA) is 56.8 Å². The van der Waals surface area contributed by atoms with Crippen LogP contribution in [0.25, 0.3) is 0 Å². The Morgan fingerprint density at radius 3 is 2.15 bits per heavy atom. The Bertz CT molecular complexity index is 594. The van der Waals surface area contributed by atoms with Gasteiger partial charge in [0.15, 0.2) is 0 Å². The summed E-state index contributed by atoms with van der Waals surface area (Å²) in [6.45, 7) is 10.7. The molecule has 0 aromatic heterocycles. The van der Waals surface area contributed by atoms with Crippen molar-refractivity contribution < 1.29 is 19.0 Å². The standard InChI is InChI=1S/C21H34ClNO4/c1-14(2)11-21(26-7,12-15(3)4)20(24)23-17-8-9-19(18(22)10-17)27-16(5)13-25-6/h8-10,14-16H,11-13H2,1-7H3,(H,23,24)/t16-/m0/s1. The van der Waals surface area contributed by atoms with Gasteiger partial charge in [-0.3, -0.25) is 4.79 Å². The molecule has 0 aliphatic rings. The van der Waals surface area contributed by atoms with Gasteiger partial charge in [0.2, 0.25) is 0 Å². The van der Waals surface area contributed by atoms with Crippen LogP contribution in [-0.4, -0.2) is 38.4 Å². The monoisotopic (exact) mass is 399 g/mol. The third-order valence-corrected chi connectivity index (χ3v) is 4.50. The first kappa shape index (κ1) is 23.7. The van der Waals surface area contributed by atoms with Gasteiger partial charge in [0.25, 0.3) is 5.91 Å². The highest BCUT2D eigenvalue weighted by atomic mass is 35.5. The summed E-state index contributed by atoms with van der Waals surface area (Å²) < 4.78 is 16.6. The van der Waals surface area contributed by atoms with Crippen molar-refractivity contribution in [3.05, 3.63) is 23.2 Å². The second kappa shape index (κ2) is 10.9. The highest BCUT2D eigenvalue weighted by Crippen LogP contribution is 2.32. The second-order valence-corrected chi connectivity index (χ2v) is 8.28. The van der Waals surface area contributed by atoms with Crippen molar-refractivity contribution in [3.8, 4) is 5.75 Å². The Kier molecular flexibility index (Phi) is 9.57. The van der Waals surface area contributed by atoms with Crippen molar-refractivity contribution in [2.45, 2.75) is 59.2 Å². The van der Waals surface area contributed by atoms with Gasteiger partial charge in [-0.15, -0.1) is 0 Å². The Labute approximate surface area is 168 Å². The number of carbonyl (C=O) groups excluding carboxylic acids is 1. The lowest BCUT2D eigenvalue weighted by molar-refractivity contribution is -0.142. The molecule has 1 N–H and O–H groups in total. The number of anilines is 1. The van der Waals surface area contributed by atoms with Gasteiger partial charge in [-0.25, -0.2) is 0 Å². The van der Waals surface area contributed by atoms with E-state index in [2.05, 4.69) is 33.0 Å². The molecule has 6 heteroatoms. The lowest BCUT2D eigenvalue weighted by atomic mass is 9.84. The van der Waals surface area contributed by atoms with Crippen LogP contribution in [0.2, 0.25) is 5.02 Å². The molecule has 1 aromatic rings. The fraction of sp³-hybridized carbons (Fsp3) is 0.667. The number of ether oxygens (including phenoxy) is 3. The molecule has 154 valence electrons. The molecule has 0 unspecified atom stereocenters. The number of benzene rings is 1. The van der Waals surface area contributed by atoms with E-state index in [0.29, 0.717) is 47.7 Å². The van der Waals surface area contributed by atoms with E-state index in [9.17, 15) is 4.79 Å². The van der Waals surface area contributed by atoms with Gasteiger partial charge in [-0.05, 0) is 49.8 Å². The molecule has 5 nitrogen and oxygen atoms in total. The maximum atomic E-state index is 13.1. The van der Waals surface area contributed by atoms with Gasteiger partial charge in [0.05, 0.1) is 11.6 Å². The lowest BCUT2D eigenvalue weighted by Crippen LogP contribution is -2.46. The van der Waals surface area contributed by atoms with Crippen LogP contribution in [0.4, 0.5) is 5.69 Å². The van der Waals surface area contributed by atoms with Crippen LogP contribution in [0, 0.1) is 11.8 Å². The Morgan fingerprint density at radius 1 is 1.11 bits per heavy atom. The molecule has 1 atom stereocenters. The molecule has 0 aliphatic carbocycles. The maximum absolute atomic E-state index is 13.1. The minimum atomic E-state index is -0.864. The van der Waals surface area contributed by atoms with E-state index in [4.69, 9.17) is 25.8 Å². The first-order chi connectivity index (χ1) is 12.6. The fourth-order valence-corrected chi connectivity index (χ4v) is 3.48. The summed E-state index contributed by atoms with van der Waals surface area (Å²) in [5.74, 6) is 1.07. The van der Waals surface area contributed by atoms with Crippen LogP contribution in [0.5, 0.6) is 5.75 Å². The number of amides is 1. The van der Waals surface area contributed by atoms with Gasteiger partial charge >= 0.3 is 0 Å². The molecule has 27 heavy (non-hydrogen) atoms. The van der Waals surface area contributed by atoms with Crippen LogP contribution in [0.3, 0.4) is 0 Å². The molecule has 0 bridgehead atoms. The van der Waals surface area contributed by atoms with E-state index in [1.54, 1.807) is 32.4 Å². The molecular weight excluding hydrogens is 366 g/mol. The smallest absolute Gasteiger partial charge is 0.256 e. The Hall–Kier alpha value is -1.30. The quantitative estimate of drug-likeness (QED) is 0.557. The zero-order valence-corrected chi connectivity index (χ0v) is 18.4. The van der Waals surface area contributed by atoms with Crippen molar-refractivity contribution >= 4 is 23.2 Å². The molecule has 0 aliphatic heterocycles. The van der Waals surface area contributed by atoms with E-state index < -0.39 is 5.60 Å². The highest BCUT2D eigenvalue weighted by molar-refractivity contribution is 6.32. The second-order valence-electron chi connectivity index (χ2n) is 7.88. The molecule has 1 amide bonds. The zero-order valence-electron chi connectivity index (χ0n) is 17.6. The van der Waals surface area contributed by atoms with Gasteiger partial charge in [-0.1, -0.05) is 39.3 Å². The Morgan fingerprint density at radius 2 is 1.70 bits per heavy atom. The van der Waals surface area contributed by atoms with Crippen LogP contribution in [0.15, 0.2) is 18.2 Å². The van der Waals surface area contributed by atoms with E-state index in [1.165, 1.54) is 0 Å².